The van der Waals surface area contributed by atoms with Crippen molar-refractivity contribution >= 4 is 11.8 Å². The number of amides is 2. The minimum atomic E-state index is -0.266. The van der Waals surface area contributed by atoms with E-state index in [2.05, 4.69) is 17.5 Å². The van der Waals surface area contributed by atoms with Crippen molar-refractivity contribution in [2.75, 3.05) is 19.8 Å². The van der Waals surface area contributed by atoms with Gasteiger partial charge < -0.3 is 15.0 Å². The summed E-state index contributed by atoms with van der Waals surface area (Å²) in [4.78, 5) is 26.7. The molecule has 2 amide bonds. The highest BCUT2D eigenvalue weighted by Gasteiger charge is 2.39. The lowest BCUT2D eigenvalue weighted by Crippen LogP contribution is -2.52. The van der Waals surface area contributed by atoms with Gasteiger partial charge in [0.15, 0.2) is 0 Å². The highest BCUT2D eigenvalue weighted by Crippen LogP contribution is 2.32. The van der Waals surface area contributed by atoms with E-state index in [0.29, 0.717) is 32.1 Å². The molecule has 0 aromatic heterocycles. The Bertz CT molecular complexity index is 449. The van der Waals surface area contributed by atoms with Crippen molar-refractivity contribution in [1.29, 1.82) is 0 Å². The maximum atomic E-state index is 12.5. The Labute approximate surface area is 132 Å². The monoisotopic (exact) mass is 306 g/mol. The third-order valence-corrected chi connectivity index (χ3v) is 4.78. The molecule has 2 fully saturated rings. The molecule has 1 aliphatic carbocycles. The van der Waals surface area contributed by atoms with Crippen molar-refractivity contribution in [3.8, 4) is 0 Å². The molecular formula is C17H26N2O3. The lowest BCUT2D eigenvalue weighted by atomic mass is 10.0. The van der Waals surface area contributed by atoms with Crippen LogP contribution in [0.1, 0.15) is 44.9 Å². The van der Waals surface area contributed by atoms with Crippen LogP contribution in [0.2, 0.25) is 0 Å². The fourth-order valence-corrected chi connectivity index (χ4v) is 3.37. The third kappa shape index (κ3) is 3.88. The van der Waals surface area contributed by atoms with Gasteiger partial charge in [-0.3, -0.25) is 9.59 Å². The molecule has 1 saturated carbocycles. The predicted octanol–water partition coefficient (Wildman–Crippen LogP) is 1.63. The molecular weight excluding hydrogens is 280 g/mol. The largest absolute Gasteiger partial charge is 0.381 e. The summed E-state index contributed by atoms with van der Waals surface area (Å²) in [7, 11) is 0. The molecule has 0 bridgehead atoms. The van der Waals surface area contributed by atoms with Crippen molar-refractivity contribution in [3.05, 3.63) is 12.2 Å². The standard InChI is InChI=1S/C17H26N2O3/c20-16-8-5-11-22-10-4-2-6-13-12-14(13)18-17(21)15-7-1-3-9-19(15)16/h2,6,13-15H,1,3-5,7-12H2,(H,18,21)/b6-2-/t13-,14?,15?/m1/s1. The van der Waals surface area contributed by atoms with Gasteiger partial charge in [-0.15, -0.1) is 0 Å². The summed E-state index contributed by atoms with van der Waals surface area (Å²) in [6, 6.07) is -0.00815. The van der Waals surface area contributed by atoms with E-state index in [0.717, 1.165) is 38.5 Å². The summed E-state index contributed by atoms with van der Waals surface area (Å²) in [6.07, 6.45) is 10.3. The van der Waals surface area contributed by atoms with Gasteiger partial charge in [0.2, 0.25) is 11.8 Å². The van der Waals surface area contributed by atoms with Gasteiger partial charge in [-0.05, 0) is 44.4 Å². The summed E-state index contributed by atoms with van der Waals surface area (Å²) in [5.41, 5.74) is 0. The number of carbonyl (C=O) groups is 2. The van der Waals surface area contributed by atoms with Crippen LogP contribution < -0.4 is 5.32 Å². The van der Waals surface area contributed by atoms with Gasteiger partial charge in [-0.1, -0.05) is 12.2 Å². The van der Waals surface area contributed by atoms with E-state index in [1.807, 2.05) is 0 Å². The normalized spacial score (nSPS) is 35.5. The highest BCUT2D eigenvalue weighted by atomic mass is 16.5. The van der Waals surface area contributed by atoms with E-state index in [-0.39, 0.29) is 23.9 Å². The number of nitrogens with zero attached hydrogens (tertiary/aromatic N) is 1. The van der Waals surface area contributed by atoms with Gasteiger partial charge in [0.1, 0.15) is 6.04 Å². The van der Waals surface area contributed by atoms with Gasteiger partial charge >= 0.3 is 0 Å². The number of hydrogen-bond acceptors (Lipinski definition) is 3. The van der Waals surface area contributed by atoms with Crippen molar-refractivity contribution in [1.82, 2.24) is 10.2 Å². The average molecular weight is 306 g/mol. The van der Waals surface area contributed by atoms with E-state index in [1.54, 1.807) is 4.90 Å². The Morgan fingerprint density at radius 2 is 2.09 bits per heavy atom. The van der Waals surface area contributed by atoms with E-state index in [9.17, 15) is 9.59 Å². The quantitative estimate of drug-likeness (QED) is 0.692. The average Bonchev–Trinajstić information content (AvgIpc) is 3.26. The van der Waals surface area contributed by atoms with Crippen LogP contribution >= 0.6 is 0 Å². The number of nitrogens with one attached hydrogen (secondary N) is 1. The van der Waals surface area contributed by atoms with E-state index in [1.165, 1.54) is 0 Å². The van der Waals surface area contributed by atoms with Crippen molar-refractivity contribution in [2.24, 2.45) is 5.92 Å². The van der Waals surface area contributed by atoms with Crippen LogP contribution in [0.15, 0.2) is 12.2 Å². The zero-order valence-corrected chi connectivity index (χ0v) is 13.1. The van der Waals surface area contributed by atoms with E-state index >= 15 is 0 Å². The van der Waals surface area contributed by atoms with Crippen LogP contribution in [0.3, 0.4) is 0 Å². The Kier molecular flexibility index (Phi) is 5.13. The summed E-state index contributed by atoms with van der Waals surface area (Å²) < 4.78 is 5.56. The fraction of sp³-hybridized carbons (Fsp3) is 0.765. The first-order chi connectivity index (χ1) is 10.8. The second-order valence-corrected chi connectivity index (χ2v) is 6.55. The molecule has 22 heavy (non-hydrogen) atoms. The molecule has 3 atom stereocenters. The number of piperidine rings is 1. The fourth-order valence-electron chi connectivity index (χ4n) is 3.37. The van der Waals surface area contributed by atoms with Crippen LogP contribution in [0.25, 0.3) is 0 Å². The molecule has 3 rings (SSSR count). The lowest BCUT2D eigenvalue weighted by Gasteiger charge is -2.35. The maximum Gasteiger partial charge on any atom is 0.243 e. The Morgan fingerprint density at radius 1 is 1.18 bits per heavy atom. The van der Waals surface area contributed by atoms with Gasteiger partial charge in [-0.2, -0.15) is 0 Å². The number of hydrogen-bond donors (Lipinski definition) is 1. The van der Waals surface area contributed by atoms with Gasteiger partial charge in [0, 0.05) is 25.6 Å². The van der Waals surface area contributed by atoms with E-state index in [4.69, 9.17) is 4.74 Å². The van der Waals surface area contributed by atoms with Crippen molar-refractivity contribution in [3.63, 3.8) is 0 Å². The molecule has 0 aromatic carbocycles. The molecule has 2 heterocycles. The highest BCUT2D eigenvalue weighted by molar-refractivity contribution is 5.88. The molecule has 5 heteroatoms. The summed E-state index contributed by atoms with van der Waals surface area (Å²) in [5.74, 6) is 0.602. The maximum absolute atomic E-state index is 12.5. The SMILES string of the molecule is O=C1NC2C[C@H]2/C=C\CCOCCCC(=O)N2CCCCC12. The summed E-state index contributed by atoms with van der Waals surface area (Å²) >= 11 is 0. The molecule has 1 saturated heterocycles. The molecule has 0 aromatic rings. The molecule has 2 aliphatic heterocycles. The summed E-state index contributed by atoms with van der Waals surface area (Å²) in [5, 5.41) is 3.13. The topological polar surface area (TPSA) is 58.6 Å². The van der Waals surface area contributed by atoms with Crippen molar-refractivity contribution in [2.45, 2.75) is 57.0 Å². The second-order valence-electron chi connectivity index (χ2n) is 6.55. The number of carbonyl (C=O) groups excluding carboxylic acids is 2. The zero-order chi connectivity index (χ0) is 15.4. The Morgan fingerprint density at radius 3 is 3.00 bits per heavy atom. The Hall–Kier alpha value is -1.36. The second kappa shape index (κ2) is 7.27. The first-order valence-corrected chi connectivity index (χ1v) is 8.60. The third-order valence-electron chi connectivity index (χ3n) is 4.78. The number of rotatable bonds is 0. The molecule has 0 radical (unpaired) electrons. The summed E-state index contributed by atoms with van der Waals surface area (Å²) in [6.45, 7) is 2.04. The molecule has 5 nitrogen and oxygen atoms in total. The van der Waals surface area contributed by atoms with Crippen LogP contribution in [-0.2, 0) is 14.3 Å². The first-order valence-electron chi connectivity index (χ1n) is 8.60. The van der Waals surface area contributed by atoms with Crippen LogP contribution in [0.4, 0.5) is 0 Å². The van der Waals surface area contributed by atoms with Crippen LogP contribution in [-0.4, -0.2) is 48.6 Å². The first kappa shape index (κ1) is 15.5. The molecule has 122 valence electrons. The molecule has 2 unspecified atom stereocenters. The minimum Gasteiger partial charge on any atom is -0.381 e. The van der Waals surface area contributed by atoms with E-state index < -0.39 is 0 Å². The van der Waals surface area contributed by atoms with Crippen molar-refractivity contribution < 1.29 is 14.3 Å². The molecule has 0 spiro atoms. The van der Waals surface area contributed by atoms with Gasteiger partial charge in [0.25, 0.3) is 0 Å². The Balaban J connectivity index is 1.66. The minimum absolute atomic E-state index is 0.0417. The zero-order valence-electron chi connectivity index (χ0n) is 13.1. The smallest absolute Gasteiger partial charge is 0.243 e. The van der Waals surface area contributed by atoms with Crippen LogP contribution in [0, 0.1) is 5.92 Å². The molecule has 3 aliphatic rings. The number of ether oxygens (including phenoxy) is 1. The van der Waals surface area contributed by atoms with Gasteiger partial charge in [0.05, 0.1) is 6.61 Å². The van der Waals surface area contributed by atoms with Crippen LogP contribution in [0.5, 0.6) is 0 Å². The lowest BCUT2D eigenvalue weighted by molar-refractivity contribution is -0.142. The number of fused-ring (bicyclic) bond motifs is 2. The van der Waals surface area contributed by atoms with Gasteiger partial charge in [-0.25, -0.2) is 0 Å². The predicted molar refractivity (Wildman–Crippen MR) is 83.2 cm³/mol. The molecule has 1 N–H and O–H groups in total.